The van der Waals surface area contributed by atoms with Gasteiger partial charge in [-0.3, -0.25) is 0 Å². The molecule has 0 bridgehead atoms. The topological polar surface area (TPSA) is 90.4 Å². The molecule has 94 valence electrons. The summed E-state index contributed by atoms with van der Waals surface area (Å²) >= 11 is 0. The fourth-order valence-electron chi connectivity index (χ4n) is 1.79. The van der Waals surface area contributed by atoms with Crippen LogP contribution in [0, 0.1) is 0 Å². The molecule has 5 N–H and O–H groups in total. The molecule has 5 nitrogen and oxygen atoms in total. The lowest BCUT2D eigenvalue weighted by Crippen LogP contribution is -2.59. The summed E-state index contributed by atoms with van der Waals surface area (Å²) in [4.78, 5) is 11.6. The maximum atomic E-state index is 11.6. The van der Waals surface area contributed by atoms with E-state index in [0.29, 0.717) is 12.8 Å². The summed E-state index contributed by atoms with van der Waals surface area (Å²) in [5, 5.41) is 2.73. The van der Waals surface area contributed by atoms with Gasteiger partial charge in [0.05, 0.1) is 5.66 Å². The molecule has 5 heteroatoms. The maximum absolute atomic E-state index is 11.6. The second-order valence-corrected chi connectivity index (χ2v) is 5.62. The van der Waals surface area contributed by atoms with Gasteiger partial charge in [0, 0.05) is 6.04 Å². The molecule has 0 aromatic heterocycles. The van der Waals surface area contributed by atoms with Crippen molar-refractivity contribution in [3.05, 3.63) is 0 Å². The van der Waals surface area contributed by atoms with E-state index in [0.717, 1.165) is 12.8 Å². The lowest BCUT2D eigenvalue weighted by molar-refractivity contribution is 0.0424. The molecular formula is C11H23N3O2. The zero-order chi connectivity index (χ0) is 12.4. The molecule has 0 unspecified atom stereocenters. The molecule has 0 atom stereocenters. The van der Waals surface area contributed by atoms with Crippen molar-refractivity contribution >= 4 is 6.09 Å². The number of carbonyl (C=O) groups excluding carboxylic acids is 1. The molecule has 1 saturated carbocycles. The number of alkyl carbamates (subject to hydrolysis) is 1. The SMILES string of the molecule is CC(C)(C)OC(=O)NC1(N)CCC(N)CC1. The highest BCUT2D eigenvalue weighted by molar-refractivity contribution is 5.68. The average Bonchev–Trinajstić information content (AvgIpc) is 2.07. The lowest BCUT2D eigenvalue weighted by atomic mass is 9.87. The number of ether oxygens (including phenoxy) is 1. The maximum Gasteiger partial charge on any atom is 0.409 e. The zero-order valence-electron chi connectivity index (χ0n) is 10.4. The van der Waals surface area contributed by atoms with E-state index >= 15 is 0 Å². The van der Waals surface area contributed by atoms with Crippen molar-refractivity contribution in [1.29, 1.82) is 0 Å². The Morgan fingerprint density at radius 3 is 2.31 bits per heavy atom. The summed E-state index contributed by atoms with van der Waals surface area (Å²) in [6, 6.07) is 0.206. The van der Waals surface area contributed by atoms with Gasteiger partial charge in [-0.2, -0.15) is 0 Å². The van der Waals surface area contributed by atoms with Crippen molar-refractivity contribution in [2.45, 2.75) is 63.8 Å². The van der Waals surface area contributed by atoms with Gasteiger partial charge in [-0.1, -0.05) is 0 Å². The average molecular weight is 229 g/mol. The third-order valence-electron chi connectivity index (χ3n) is 2.67. The first kappa shape index (κ1) is 13.3. The van der Waals surface area contributed by atoms with Crippen molar-refractivity contribution in [3.63, 3.8) is 0 Å². The molecular weight excluding hydrogens is 206 g/mol. The minimum Gasteiger partial charge on any atom is -0.444 e. The highest BCUT2D eigenvalue weighted by Crippen LogP contribution is 2.23. The Hall–Kier alpha value is -0.810. The van der Waals surface area contributed by atoms with Crippen LogP contribution in [-0.4, -0.2) is 23.4 Å². The summed E-state index contributed by atoms with van der Waals surface area (Å²) in [5.74, 6) is 0. The Balaban J connectivity index is 2.44. The number of nitrogens with one attached hydrogen (secondary N) is 1. The Bertz CT molecular complexity index is 252. The summed E-state index contributed by atoms with van der Waals surface area (Å²) in [6.45, 7) is 5.48. The van der Waals surface area contributed by atoms with Gasteiger partial charge in [-0.25, -0.2) is 4.79 Å². The van der Waals surface area contributed by atoms with Crippen LogP contribution in [-0.2, 0) is 4.74 Å². The van der Waals surface area contributed by atoms with Crippen molar-refractivity contribution in [1.82, 2.24) is 5.32 Å². The van der Waals surface area contributed by atoms with Crippen LogP contribution in [0.3, 0.4) is 0 Å². The Morgan fingerprint density at radius 1 is 1.38 bits per heavy atom. The van der Waals surface area contributed by atoms with Crippen LogP contribution in [0.5, 0.6) is 0 Å². The summed E-state index contributed by atoms with van der Waals surface area (Å²) < 4.78 is 5.17. The second kappa shape index (κ2) is 4.59. The van der Waals surface area contributed by atoms with E-state index in [1.54, 1.807) is 0 Å². The molecule has 16 heavy (non-hydrogen) atoms. The van der Waals surface area contributed by atoms with Gasteiger partial charge in [0.25, 0.3) is 0 Å². The quantitative estimate of drug-likeness (QED) is 0.586. The van der Waals surface area contributed by atoms with Crippen LogP contribution >= 0.6 is 0 Å². The normalized spacial score (nSPS) is 30.9. The third-order valence-corrected chi connectivity index (χ3v) is 2.67. The van der Waals surface area contributed by atoms with Gasteiger partial charge in [0.1, 0.15) is 5.60 Å². The number of nitrogens with two attached hydrogens (primary N) is 2. The van der Waals surface area contributed by atoms with Crippen molar-refractivity contribution in [2.75, 3.05) is 0 Å². The van der Waals surface area contributed by atoms with Crippen molar-refractivity contribution in [3.8, 4) is 0 Å². The predicted octanol–water partition coefficient (Wildman–Crippen LogP) is 1.07. The molecule has 1 aliphatic carbocycles. The van der Waals surface area contributed by atoms with Crippen molar-refractivity contribution < 1.29 is 9.53 Å². The number of rotatable bonds is 1. The first-order chi connectivity index (χ1) is 7.20. The molecule has 0 aliphatic heterocycles. The number of hydrogen-bond acceptors (Lipinski definition) is 4. The van der Waals surface area contributed by atoms with Crippen molar-refractivity contribution in [2.24, 2.45) is 11.5 Å². The zero-order valence-corrected chi connectivity index (χ0v) is 10.4. The highest BCUT2D eigenvalue weighted by atomic mass is 16.6. The number of carbonyl (C=O) groups is 1. The molecule has 0 radical (unpaired) electrons. The highest BCUT2D eigenvalue weighted by Gasteiger charge is 2.33. The minimum absolute atomic E-state index is 0.206. The summed E-state index contributed by atoms with van der Waals surface area (Å²) in [7, 11) is 0. The molecule has 0 saturated heterocycles. The fraction of sp³-hybridized carbons (Fsp3) is 0.909. The number of amides is 1. The van der Waals surface area contributed by atoms with Gasteiger partial charge in [-0.15, -0.1) is 0 Å². The monoisotopic (exact) mass is 229 g/mol. The van der Waals surface area contributed by atoms with E-state index in [1.165, 1.54) is 0 Å². The Morgan fingerprint density at radius 2 is 1.88 bits per heavy atom. The standard InChI is InChI=1S/C11H23N3O2/c1-10(2,3)16-9(15)14-11(13)6-4-8(12)5-7-11/h8H,4-7,12-13H2,1-3H3,(H,14,15). The van der Waals surface area contributed by atoms with Gasteiger partial charge >= 0.3 is 6.09 Å². The van der Waals surface area contributed by atoms with Gasteiger partial charge in [-0.05, 0) is 46.5 Å². The molecule has 0 aromatic rings. The Kier molecular flexibility index (Phi) is 3.80. The van der Waals surface area contributed by atoms with E-state index in [2.05, 4.69) is 5.32 Å². The predicted molar refractivity (Wildman–Crippen MR) is 62.7 cm³/mol. The molecule has 1 aliphatic rings. The minimum atomic E-state index is -0.655. The molecule has 0 spiro atoms. The molecule has 1 fully saturated rings. The Labute approximate surface area is 96.9 Å². The van der Waals surface area contributed by atoms with E-state index in [9.17, 15) is 4.79 Å². The van der Waals surface area contributed by atoms with E-state index in [4.69, 9.17) is 16.2 Å². The van der Waals surface area contributed by atoms with Gasteiger partial charge in [0.2, 0.25) is 0 Å². The summed E-state index contributed by atoms with van der Waals surface area (Å²) in [6.07, 6.45) is 2.63. The van der Waals surface area contributed by atoms with Crippen LogP contribution in [0.15, 0.2) is 0 Å². The molecule has 0 aromatic carbocycles. The van der Waals surface area contributed by atoms with E-state index in [-0.39, 0.29) is 6.04 Å². The molecule has 0 heterocycles. The number of hydrogen-bond donors (Lipinski definition) is 3. The second-order valence-electron chi connectivity index (χ2n) is 5.62. The first-order valence-electron chi connectivity index (χ1n) is 5.76. The molecule has 1 amide bonds. The largest absolute Gasteiger partial charge is 0.444 e. The third kappa shape index (κ3) is 4.37. The smallest absolute Gasteiger partial charge is 0.409 e. The summed E-state index contributed by atoms with van der Waals surface area (Å²) in [5.41, 5.74) is 10.7. The van der Waals surface area contributed by atoms with E-state index < -0.39 is 17.4 Å². The van der Waals surface area contributed by atoms with Crippen LogP contribution in [0.25, 0.3) is 0 Å². The van der Waals surface area contributed by atoms with Gasteiger partial charge in [0.15, 0.2) is 0 Å². The first-order valence-corrected chi connectivity index (χ1v) is 5.76. The van der Waals surface area contributed by atoms with Crippen LogP contribution in [0.2, 0.25) is 0 Å². The van der Waals surface area contributed by atoms with Crippen LogP contribution in [0.4, 0.5) is 4.79 Å². The van der Waals surface area contributed by atoms with Crippen LogP contribution < -0.4 is 16.8 Å². The fourth-order valence-corrected chi connectivity index (χ4v) is 1.79. The molecule has 1 rings (SSSR count). The van der Waals surface area contributed by atoms with E-state index in [1.807, 2.05) is 20.8 Å². The van der Waals surface area contributed by atoms with Crippen LogP contribution in [0.1, 0.15) is 46.5 Å². The lowest BCUT2D eigenvalue weighted by Gasteiger charge is -2.36. The van der Waals surface area contributed by atoms with Gasteiger partial charge < -0.3 is 21.5 Å².